The number of nitrogens with one attached hydrogen (secondary N) is 1. The monoisotopic (exact) mass is 402 g/mol. The molecule has 1 aromatic rings. The zero-order chi connectivity index (χ0) is 20.5. The van der Waals surface area contributed by atoms with E-state index < -0.39 is 5.60 Å². The second-order valence-corrected chi connectivity index (χ2v) is 8.67. The number of amides is 1. The molecular formula is C24H38N2O3. The highest BCUT2D eigenvalue weighted by atomic mass is 16.5. The summed E-state index contributed by atoms with van der Waals surface area (Å²) >= 11 is 0. The van der Waals surface area contributed by atoms with E-state index in [1.165, 1.54) is 38.6 Å². The molecule has 2 aliphatic rings. The molecule has 0 aromatic heterocycles. The molecule has 1 atom stereocenters. The Kier molecular flexibility index (Phi) is 8.37. The van der Waals surface area contributed by atoms with Gasteiger partial charge in [-0.1, -0.05) is 32.1 Å². The fraction of sp³-hybridized carbons (Fsp3) is 0.708. The molecule has 162 valence electrons. The van der Waals surface area contributed by atoms with E-state index in [-0.39, 0.29) is 5.91 Å². The van der Waals surface area contributed by atoms with Gasteiger partial charge >= 0.3 is 0 Å². The van der Waals surface area contributed by atoms with Crippen LogP contribution >= 0.6 is 0 Å². The largest absolute Gasteiger partial charge is 0.494 e. The number of rotatable bonds is 8. The van der Waals surface area contributed by atoms with Crippen LogP contribution in [0.5, 0.6) is 5.75 Å². The SMILES string of the molecule is COC1(C(=O)Nc2ccc(OCCCN3CCCC[C@H]3C)cc2)CCCCCC1. The van der Waals surface area contributed by atoms with Gasteiger partial charge in [-0.25, -0.2) is 0 Å². The lowest BCUT2D eigenvalue weighted by Crippen LogP contribution is -2.44. The highest BCUT2D eigenvalue weighted by molar-refractivity contribution is 5.97. The van der Waals surface area contributed by atoms with Gasteiger partial charge in [-0.2, -0.15) is 0 Å². The fourth-order valence-electron chi connectivity index (χ4n) is 4.65. The van der Waals surface area contributed by atoms with Crippen molar-refractivity contribution in [3.05, 3.63) is 24.3 Å². The number of hydrogen-bond donors (Lipinski definition) is 1. The maximum absolute atomic E-state index is 12.9. The molecule has 5 heteroatoms. The van der Waals surface area contributed by atoms with Crippen LogP contribution in [0.2, 0.25) is 0 Å². The lowest BCUT2D eigenvalue weighted by Gasteiger charge is -2.33. The first kappa shape index (κ1) is 22.1. The Labute approximate surface area is 176 Å². The average molecular weight is 403 g/mol. The summed E-state index contributed by atoms with van der Waals surface area (Å²) in [7, 11) is 1.66. The van der Waals surface area contributed by atoms with Crippen molar-refractivity contribution in [3.63, 3.8) is 0 Å². The Morgan fingerprint density at radius 3 is 2.48 bits per heavy atom. The Morgan fingerprint density at radius 2 is 1.83 bits per heavy atom. The number of hydrogen-bond acceptors (Lipinski definition) is 4. The van der Waals surface area contributed by atoms with E-state index in [1.807, 2.05) is 24.3 Å². The first-order valence-electron chi connectivity index (χ1n) is 11.5. The number of carbonyl (C=O) groups is 1. The van der Waals surface area contributed by atoms with Crippen LogP contribution in [-0.2, 0) is 9.53 Å². The molecule has 29 heavy (non-hydrogen) atoms. The van der Waals surface area contributed by atoms with E-state index in [9.17, 15) is 4.79 Å². The molecule has 1 N–H and O–H groups in total. The Bertz CT molecular complexity index is 624. The van der Waals surface area contributed by atoms with Crippen molar-refractivity contribution in [2.24, 2.45) is 0 Å². The third kappa shape index (κ3) is 6.19. The summed E-state index contributed by atoms with van der Waals surface area (Å²) < 4.78 is 11.6. The predicted molar refractivity (Wildman–Crippen MR) is 118 cm³/mol. The Balaban J connectivity index is 1.44. The lowest BCUT2D eigenvalue weighted by atomic mass is 9.93. The second-order valence-electron chi connectivity index (χ2n) is 8.67. The van der Waals surface area contributed by atoms with Gasteiger partial charge in [0.15, 0.2) is 0 Å². The summed E-state index contributed by atoms with van der Waals surface area (Å²) in [4.78, 5) is 15.4. The molecule has 5 nitrogen and oxygen atoms in total. The summed E-state index contributed by atoms with van der Waals surface area (Å²) in [6.07, 6.45) is 11.1. The predicted octanol–water partition coefficient (Wildman–Crippen LogP) is 5.01. The zero-order valence-corrected chi connectivity index (χ0v) is 18.3. The molecule has 2 fully saturated rings. The molecular weight excluding hydrogens is 364 g/mol. The molecule has 1 aliphatic carbocycles. The lowest BCUT2D eigenvalue weighted by molar-refractivity contribution is -0.139. The summed E-state index contributed by atoms with van der Waals surface area (Å²) in [5, 5.41) is 3.05. The van der Waals surface area contributed by atoms with Gasteiger partial charge in [0.1, 0.15) is 11.4 Å². The van der Waals surface area contributed by atoms with E-state index in [0.29, 0.717) is 6.04 Å². The number of methoxy groups -OCH3 is 1. The first-order valence-corrected chi connectivity index (χ1v) is 11.5. The van der Waals surface area contributed by atoms with Crippen LogP contribution in [0.25, 0.3) is 0 Å². The molecule has 1 saturated heterocycles. The van der Waals surface area contributed by atoms with E-state index in [1.54, 1.807) is 7.11 Å². The van der Waals surface area contributed by atoms with Gasteiger partial charge in [0.25, 0.3) is 5.91 Å². The first-order chi connectivity index (χ1) is 14.1. The molecule has 0 spiro atoms. The van der Waals surface area contributed by atoms with Crippen LogP contribution in [-0.4, -0.2) is 49.3 Å². The molecule has 0 unspecified atom stereocenters. The van der Waals surface area contributed by atoms with Gasteiger partial charge in [0, 0.05) is 25.4 Å². The van der Waals surface area contributed by atoms with Gasteiger partial charge in [-0.3, -0.25) is 4.79 Å². The van der Waals surface area contributed by atoms with Gasteiger partial charge in [0.2, 0.25) is 0 Å². The minimum atomic E-state index is -0.683. The Hall–Kier alpha value is -1.59. The summed E-state index contributed by atoms with van der Waals surface area (Å²) in [5.41, 5.74) is 0.113. The van der Waals surface area contributed by atoms with Gasteiger partial charge in [-0.05, 0) is 69.8 Å². The zero-order valence-electron chi connectivity index (χ0n) is 18.3. The number of piperidine rings is 1. The molecule has 3 rings (SSSR count). The highest BCUT2D eigenvalue weighted by Gasteiger charge is 2.38. The van der Waals surface area contributed by atoms with Crippen LogP contribution in [0, 0.1) is 0 Å². The summed E-state index contributed by atoms with van der Waals surface area (Å²) in [5.74, 6) is 0.830. The minimum absolute atomic E-state index is 0.0220. The molecule has 0 radical (unpaired) electrons. The normalized spacial score (nSPS) is 22.6. The third-order valence-corrected chi connectivity index (χ3v) is 6.63. The van der Waals surface area contributed by atoms with Gasteiger partial charge < -0.3 is 19.7 Å². The maximum Gasteiger partial charge on any atom is 0.256 e. The van der Waals surface area contributed by atoms with Crippen molar-refractivity contribution in [2.45, 2.75) is 82.8 Å². The van der Waals surface area contributed by atoms with Gasteiger partial charge in [0.05, 0.1) is 6.61 Å². The molecule has 1 aromatic carbocycles. The minimum Gasteiger partial charge on any atom is -0.494 e. The van der Waals surface area contributed by atoms with E-state index in [4.69, 9.17) is 9.47 Å². The van der Waals surface area contributed by atoms with E-state index >= 15 is 0 Å². The van der Waals surface area contributed by atoms with E-state index in [0.717, 1.165) is 56.7 Å². The average Bonchev–Trinajstić information content (AvgIpc) is 3.00. The summed E-state index contributed by atoms with van der Waals surface area (Å²) in [6, 6.07) is 8.41. The number of benzene rings is 1. The van der Waals surface area contributed by atoms with Crippen molar-refractivity contribution in [2.75, 3.05) is 32.1 Å². The summed E-state index contributed by atoms with van der Waals surface area (Å²) in [6.45, 7) is 5.38. The molecule has 1 saturated carbocycles. The van der Waals surface area contributed by atoms with Crippen LogP contribution in [0.4, 0.5) is 5.69 Å². The van der Waals surface area contributed by atoms with Crippen LogP contribution < -0.4 is 10.1 Å². The van der Waals surface area contributed by atoms with Crippen LogP contribution in [0.1, 0.15) is 71.1 Å². The third-order valence-electron chi connectivity index (χ3n) is 6.63. The standard InChI is InChI=1S/C24H38N2O3/c1-20-10-5-8-17-26(20)18-9-19-29-22-13-11-21(12-14-22)25-23(27)24(28-2)15-6-3-4-7-16-24/h11-14,20H,3-10,15-19H2,1-2H3,(H,25,27)/t20-/m1/s1. The highest BCUT2D eigenvalue weighted by Crippen LogP contribution is 2.31. The van der Waals surface area contributed by atoms with Crippen LogP contribution in [0.3, 0.4) is 0 Å². The van der Waals surface area contributed by atoms with Crippen LogP contribution in [0.15, 0.2) is 24.3 Å². The van der Waals surface area contributed by atoms with Gasteiger partial charge in [-0.15, -0.1) is 0 Å². The second kappa shape index (κ2) is 11.0. The number of ether oxygens (including phenoxy) is 2. The number of carbonyl (C=O) groups excluding carboxylic acids is 1. The van der Waals surface area contributed by atoms with Crippen molar-refractivity contribution in [3.8, 4) is 5.75 Å². The number of likely N-dealkylation sites (tertiary alicyclic amines) is 1. The quantitative estimate of drug-likeness (QED) is 0.491. The van der Waals surface area contributed by atoms with Crippen molar-refractivity contribution >= 4 is 11.6 Å². The van der Waals surface area contributed by atoms with Crippen molar-refractivity contribution in [1.29, 1.82) is 0 Å². The smallest absolute Gasteiger partial charge is 0.256 e. The Morgan fingerprint density at radius 1 is 1.10 bits per heavy atom. The number of nitrogens with zero attached hydrogens (tertiary/aromatic N) is 1. The molecule has 0 bridgehead atoms. The van der Waals surface area contributed by atoms with Crippen molar-refractivity contribution in [1.82, 2.24) is 4.90 Å². The molecule has 1 amide bonds. The van der Waals surface area contributed by atoms with E-state index in [2.05, 4.69) is 17.1 Å². The molecule has 1 aliphatic heterocycles. The fourth-order valence-corrected chi connectivity index (χ4v) is 4.65. The van der Waals surface area contributed by atoms with Crippen molar-refractivity contribution < 1.29 is 14.3 Å². The molecule has 1 heterocycles. The number of anilines is 1. The maximum atomic E-state index is 12.9. The topological polar surface area (TPSA) is 50.8 Å².